The lowest BCUT2D eigenvalue weighted by Gasteiger charge is -2.32. The van der Waals surface area contributed by atoms with Gasteiger partial charge in [0.05, 0.1) is 17.2 Å². The maximum absolute atomic E-state index is 12.6. The van der Waals surface area contributed by atoms with E-state index in [9.17, 15) is 9.47 Å². The zero-order chi connectivity index (χ0) is 15.1. The molecule has 2 rings (SSSR count). The van der Waals surface area contributed by atoms with Crippen LogP contribution in [0.5, 0.6) is 0 Å². The molecule has 3 heteroatoms. The monoisotopic (exact) mass is 303 g/mol. The molecule has 0 bridgehead atoms. The van der Waals surface area contributed by atoms with Gasteiger partial charge in [-0.05, 0) is 37.2 Å². The zero-order valence-electron chi connectivity index (χ0n) is 12.8. The van der Waals surface area contributed by atoms with Crippen LogP contribution in [0.1, 0.15) is 56.9 Å². The topological polar surface area (TPSA) is 40.9 Å². The molecule has 1 saturated carbocycles. The number of rotatable bonds is 6. The summed E-state index contributed by atoms with van der Waals surface area (Å²) in [6, 6.07) is 12.9. The van der Waals surface area contributed by atoms with Gasteiger partial charge in [-0.15, -0.1) is 0 Å². The number of hydrogen-bond acceptors (Lipinski definition) is 2. The summed E-state index contributed by atoms with van der Waals surface area (Å²) in [6.45, 7) is 2.16. The predicted molar refractivity (Wildman–Crippen MR) is 88.5 cm³/mol. The van der Waals surface area contributed by atoms with Crippen molar-refractivity contribution in [2.75, 3.05) is 5.75 Å². The van der Waals surface area contributed by atoms with E-state index < -0.39 is 10.8 Å². The Balaban J connectivity index is 2.02. The lowest BCUT2D eigenvalue weighted by molar-refractivity contribution is 0.387. The van der Waals surface area contributed by atoms with E-state index in [1.165, 1.54) is 5.56 Å². The number of nitrogens with zero attached hydrogens (tertiary/aromatic N) is 1. The highest BCUT2D eigenvalue weighted by Crippen LogP contribution is 2.38. The van der Waals surface area contributed by atoms with Crippen LogP contribution in [0.15, 0.2) is 30.3 Å². The van der Waals surface area contributed by atoms with Gasteiger partial charge in [-0.3, -0.25) is 4.21 Å². The molecule has 4 atom stereocenters. The second kappa shape index (κ2) is 8.34. The summed E-state index contributed by atoms with van der Waals surface area (Å²) in [5.74, 6) is 1.21. The van der Waals surface area contributed by atoms with E-state index in [1.54, 1.807) is 0 Å². The maximum atomic E-state index is 12.6. The van der Waals surface area contributed by atoms with Crippen molar-refractivity contribution in [2.45, 2.75) is 56.6 Å². The first-order valence-corrected chi connectivity index (χ1v) is 9.46. The van der Waals surface area contributed by atoms with Gasteiger partial charge in [-0.25, -0.2) is 0 Å². The summed E-state index contributed by atoms with van der Waals surface area (Å²) in [5, 5.41) is 9.42. The molecule has 0 aromatic heterocycles. The summed E-state index contributed by atoms with van der Waals surface area (Å²) in [7, 11) is -0.855. The summed E-state index contributed by atoms with van der Waals surface area (Å²) in [4.78, 5) is 0. The number of unbranched alkanes of at least 4 members (excludes halogenated alkanes) is 2. The van der Waals surface area contributed by atoms with E-state index in [2.05, 4.69) is 37.3 Å². The minimum absolute atomic E-state index is 0.0209. The molecule has 0 spiro atoms. The molecular formula is C18H25NOS. The summed E-state index contributed by atoms with van der Waals surface area (Å²) >= 11 is 0. The van der Waals surface area contributed by atoms with Gasteiger partial charge in [0.2, 0.25) is 0 Å². The molecule has 2 nitrogen and oxygen atoms in total. The Kier molecular flexibility index (Phi) is 6.45. The Morgan fingerprint density at radius 1 is 1.24 bits per heavy atom. The Bertz CT molecular complexity index is 494. The van der Waals surface area contributed by atoms with Crippen LogP contribution >= 0.6 is 0 Å². The van der Waals surface area contributed by atoms with E-state index in [0.29, 0.717) is 5.92 Å². The molecule has 0 aliphatic heterocycles. The Hall–Kier alpha value is -1.14. The van der Waals surface area contributed by atoms with E-state index in [4.69, 9.17) is 0 Å². The third-order valence-corrected chi connectivity index (χ3v) is 6.40. The van der Waals surface area contributed by atoms with Gasteiger partial charge in [0, 0.05) is 16.6 Å². The molecule has 1 aliphatic carbocycles. The van der Waals surface area contributed by atoms with Crippen LogP contribution < -0.4 is 0 Å². The van der Waals surface area contributed by atoms with Crippen LogP contribution in [0.3, 0.4) is 0 Å². The standard InChI is InChI=1S/C18H25NOS/c1-2-3-7-12-21(20)18-13-16(10-11-17(18)14-19)15-8-5-4-6-9-15/h4-6,8-9,16-18H,2-3,7,10-13H2,1H3. The first-order chi connectivity index (χ1) is 10.3. The SMILES string of the molecule is CCCCCS(=O)C1CC(c2ccccc2)CCC1C#N. The molecule has 1 fully saturated rings. The van der Waals surface area contributed by atoms with E-state index in [-0.39, 0.29) is 11.2 Å². The van der Waals surface area contributed by atoms with E-state index in [0.717, 1.165) is 44.3 Å². The molecule has 4 unspecified atom stereocenters. The minimum Gasteiger partial charge on any atom is -0.259 e. The molecule has 114 valence electrons. The zero-order valence-corrected chi connectivity index (χ0v) is 13.6. The molecule has 0 N–H and O–H groups in total. The summed E-state index contributed by atoms with van der Waals surface area (Å²) in [5.41, 5.74) is 1.34. The van der Waals surface area contributed by atoms with E-state index >= 15 is 0 Å². The average Bonchev–Trinajstić information content (AvgIpc) is 2.55. The lowest BCUT2D eigenvalue weighted by atomic mass is 9.79. The van der Waals surface area contributed by atoms with Gasteiger partial charge in [0.15, 0.2) is 0 Å². The quantitative estimate of drug-likeness (QED) is 0.731. The normalized spacial score (nSPS) is 27.0. The van der Waals surface area contributed by atoms with Crippen molar-refractivity contribution >= 4 is 10.8 Å². The maximum Gasteiger partial charge on any atom is 0.0668 e. The van der Waals surface area contributed by atoms with E-state index in [1.807, 2.05) is 6.07 Å². The van der Waals surface area contributed by atoms with Crippen molar-refractivity contribution in [3.8, 4) is 6.07 Å². The largest absolute Gasteiger partial charge is 0.259 e. The van der Waals surface area contributed by atoms with Crippen molar-refractivity contribution in [3.63, 3.8) is 0 Å². The second-order valence-corrected chi connectivity index (χ2v) is 7.76. The molecule has 1 aromatic rings. The second-order valence-electron chi connectivity index (χ2n) is 5.99. The smallest absolute Gasteiger partial charge is 0.0668 e. The van der Waals surface area contributed by atoms with Gasteiger partial charge in [0.1, 0.15) is 0 Å². The van der Waals surface area contributed by atoms with Crippen LogP contribution in [0, 0.1) is 17.2 Å². The van der Waals surface area contributed by atoms with Gasteiger partial charge in [-0.2, -0.15) is 5.26 Å². The fourth-order valence-electron chi connectivity index (χ4n) is 3.24. The first kappa shape index (κ1) is 16.2. The van der Waals surface area contributed by atoms with Crippen molar-refractivity contribution < 1.29 is 4.21 Å². The molecule has 0 radical (unpaired) electrons. The molecule has 1 aromatic carbocycles. The van der Waals surface area contributed by atoms with Crippen molar-refractivity contribution in [2.24, 2.45) is 5.92 Å². The van der Waals surface area contributed by atoms with Crippen LogP contribution in [0.4, 0.5) is 0 Å². The number of hydrogen-bond donors (Lipinski definition) is 0. The highest BCUT2D eigenvalue weighted by Gasteiger charge is 2.34. The first-order valence-electron chi connectivity index (χ1n) is 8.08. The third kappa shape index (κ3) is 4.41. The van der Waals surface area contributed by atoms with Gasteiger partial charge in [0.25, 0.3) is 0 Å². The van der Waals surface area contributed by atoms with Crippen LogP contribution in [0.2, 0.25) is 0 Å². The molecule has 0 amide bonds. The average molecular weight is 303 g/mol. The lowest BCUT2D eigenvalue weighted by Crippen LogP contribution is -2.32. The van der Waals surface area contributed by atoms with Crippen molar-refractivity contribution in [1.29, 1.82) is 5.26 Å². The fourth-order valence-corrected chi connectivity index (χ4v) is 5.04. The van der Waals surface area contributed by atoms with Crippen LogP contribution in [-0.4, -0.2) is 15.2 Å². The summed E-state index contributed by atoms with van der Waals surface area (Å²) < 4.78 is 12.6. The Morgan fingerprint density at radius 3 is 2.67 bits per heavy atom. The highest BCUT2D eigenvalue weighted by molar-refractivity contribution is 7.85. The molecule has 21 heavy (non-hydrogen) atoms. The molecular weight excluding hydrogens is 278 g/mol. The van der Waals surface area contributed by atoms with Crippen LogP contribution in [0.25, 0.3) is 0 Å². The third-order valence-electron chi connectivity index (χ3n) is 4.52. The molecule has 0 saturated heterocycles. The van der Waals surface area contributed by atoms with Gasteiger partial charge < -0.3 is 0 Å². The highest BCUT2D eigenvalue weighted by atomic mass is 32.2. The summed E-state index contributed by atoms with van der Waals surface area (Å²) in [6.07, 6.45) is 6.15. The van der Waals surface area contributed by atoms with Gasteiger partial charge >= 0.3 is 0 Å². The minimum atomic E-state index is -0.855. The Labute approximate surface area is 131 Å². The Morgan fingerprint density at radius 2 is 2.00 bits per heavy atom. The number of benzene rings is 1. The predicted octanol–water partition coefficient (Wildman–Crippen LogP) is 4.40. The van der Waals surface area contributed by atoms with Crippen molar-refractivity contribution in [3.05, 3.63) is 35.9 Å². The molecule has 1 aliphatic rings. The molecule has 0 heterocycles. The van der Waals surface area contributed by atoms with Crippen molar-refractivity contribution in [1.82, 2.24) is 0 Å². The van der Waals surface area contributed by atoms with Gasteiger partial charge in [-0.1, -0.05) is 50.1 Å². The van der Waals surface area contributed by atoms with Crippen LogP contribution in [-0.2, 0) is 10.8 Å². The number of nitriles is 1. The fraction of sp³-hybridized carbons (Fsp3) is 0.611.